The molecule has 2 unspecified atom stereocenters. The van der Waals surface area contributed by atoms with Crippen molar-refractivity contribution in [3.05, 3.63) is 24.3 Å². The summed E-state index contributed by atoms with van der Waals surface area (Å²) in [7, 11) is 5.97. The van der Waals surface area contributed by atoms with E-state index in [0.29, 0.717) is 0 Å². The molecule has 106 valence electrons. The van der Waals surface area contributed by atoms with E-state index in [1.807, 2.05) is 12.1 Å². The van der Waals surface area contributed by atoms with Crippen LogP contribution in [0.5, 0.6) is 5.75 Å². The average molecular weight is 262 g/mol. The molecule has 3 heteroatoms. The number of rotatable bonds is 6. The van der Waals surface area contributed by atoms with E-state index in [9.17, 15) is 0 Å². The first kappa shape index (κ1) is 14.2. The molecule has 2 rings (SSSR count). The minimum absolute atomic E-state index is 0.726. The number of methoxy groups -OCH3 is 1. The number of benzene rings is 1. The second-order valence-electron chi connectivity index (χ2n) is 5.49. The van der Waals surface area contributed by atoms with Crippen molar-refractivity contribution in [3.8, 4) is 5.75 Å². The maximum absolute atomic E-state index is 5.19. The van der Waals surface area contributed by atoms with Crippen molar-refractivity contribution in [2.24, 2.45) is 5.92 Å². The van der Waals surface area contributed by atoms with Gasteiger partial charge in [0.25, 0.3) is 0 Å². The molecule has 1 fully saturated rings. The van der Waals surface area contributed by atoms with Gasteiger partial charge in [-0.2, -0.15) is 0 Å². The summed E-state index contributed by atoms with van der Waals surface area (Å²) >= 11 is 0. The van der Waals surface area contributed by atoms with E-state index >= 15 is 0 Å². The van der Waals surface area contributed by atoms with Gasteiger partial charge in [0, 0.05) is 25.3 Å². The lowest BCUT2D eigenvalue weighted by Crippen LogP contribution is -2.31. The molecule has 1 aromatic rings. The predicted octanol–water partition coefficient (Wildman–Crippen LogP) is 2.91. The summed E-state index contributed by atoms with van der Waals surface area (Å²) in [5, 5.41) is 3.46. The molecule has 0 spiro atoms. The van der Waals surface area contributed by atoms with Gasteiger partial charge in [0.15, 0.2) is 0 Å². The summed E-state index contributed by atoms with van der Waals surface area (Å²) in [6.07, 6.45) is 5.37. The maximum Gasteiger partial charge on any atom is 0.119 e. The first-order valence-corrected chi connectivity index (χ1v) is 7.27. The molecule has 3 nitrogen and oxygen atoms in total. The van der Waals surface area contributed by atoms with Crippen LogP contribution >= 0.6 is 0 Å². The number of hydrogen-bond donors (Lipinski definition) is 1. The number of nitrogens with zero attached hydrogens (tertiary/aromatic N) is 1. The molecular formula is C16H26N2O. The highest BCUT2D eigenvalue weighted by Gasteiger charge is 2.25. The van der Waals surface area contributed by atoms with Gasteiger partial charge in [-0.25, -0.2) is 0 Å². The van der Waals surface area contributed by atoms with Crippen LogP contribution < -0.4 is 15.0 Å². The van der Waals surface area contributed by atoms with Crippen molar-refractivity contribution < 1.29 is 4.74 Å². The van der Waals surface area contributed by atoms with Crippen LogP contribution in [0.25, 0.3) is 0 Å². The predicted molar refractivity (Wildman–Crippen MR) is 81.1 cm³/mol. The first-order valence-electron chi connectivity index (χ1n) is 7.27. The SMILES string of the molecule is CNC1CCCC1CCN(C)c1ccc(OC)cc1. The lowest BCUT2D eigenvalue weighted by molar-refractivity contribution is 0.402. The fourth-order valence-corrected chi connectivity index (χ4v) is 3.09. The lowest BCUT2D eigenvalue weighted by atomic mass is 9.99. The summed E-state index contributed by atoms with van der Waals surface area (Å²) in [6, 6.07) is 9.03. The Kier molecular flexibility index (Phi) is 5.08. The van der Waals surface area contributed by atoms with Crippen LogP contribution in [0, 0.1) is 5.92 Å². The van der Waals surface area contributed by atoms with Gasteiger partial charge in [0.05, 0.1) is 7.11 Å². The van der Waals surface area contributed by atoms with Crippen molar-refractivity contribution in [3.63, 3.8) is 0 Å². The lowest BCUT2D eigenvalue weighted by Gasteiger charge is -2.24. The van der Waals surface area contributed by atoms with Crippen molar-refractivity contribution in [1.29, 1.82) is 0 Å². The van der Waals surface area contributed by atoms with Gasteiger partial charge in [-0.05, 0) is 56.5 Å². The summed E-state index contributed by atoms with van der Waals surface area (Å²) in [4.78, 5) is 2.34. The quantitative estimate of drug-likeness (QED) is 0.853. The standard InChI is InChI=1S/C16H26N2O/c1-17-16-6-4-5-13(16)11-12-18(2)14-7-9-15(19-3)10-8-14/h7-10,13,16-17H,4-6,11-12H2,1-3H3. The number of hydrogen-bond acceptors (Lipinski definition) is 3. The molecule has 0 aromatic heterocycles. The Labute approximate surface area is 116 Å². The van der Waals surface area contributed by atoms with Gasteiger partial charge in [-0.15, -0.1) is 0 Å². The van der Waals surface area contributed by atoms with E-state index in [2.05, 4.69) is 36.4 Å². The van der Waals surface area contributed by atoms with Gasteiger partial charge in [0.1, 0.15) is 5.75 Å². The molecule has 1 aromatic carbocycles. The van der Waals surface area contributed by atoms with E-state index in [4.69, 9.17) is 4.74 Å². The Bertz CT molecular complexity index is 377. The molecule has 1 saturated carbocycles. The van der Waals surface area contributed by atoms with E-state index in [1.165, 1.54) is 31.4 Å². The normalized spacial score (nSPS) is 22.5. The van der Waals surface area contributed by atoms with E-state index in [-0.39, 0.29) is 0 Å². The van der Waals surface area contributed by atoms with Crippen molar-refractivity contribution in [2.75, 3.05) is 32.6 Å². The van der Waals surface area contributed by atoms with E-state index < -0.39 is 0 Å². The summed E-state index contributed by atoms with van der Waals surface area (Å²) in [6.45, 7) is 1.12. The van der Waals surface area contributed by atoms with Crippen LogP contribution in [-0.4, -0.2) is 33.8 Å². The maximum atomic E-state index is 5.19. The minimum Gasteiger partial charge on any atom is -0.497 e. The molecule has 2 atom stereocenters. The zero-order chi connectivity index (χ0) is 13.7. The molecule has 0 heterocycles. The third-order valence-electron chi connectivity index (χ3n) is 4.38. The van der Waals surface area contributed by atoms with Gasteiger partial charge in [-0.1, -0.05) is 6.42 Å². The van der Waals surface area contributed by atoms with Crippen LogP contribution in [-0.2, 0) is 0 Å². The number of nitrogens with one attached hydrogen (secondary N) is 1. The smallest absolute Gasteiger partial charge is 0.119 e. The zero-order valence-corrected chi connectivity index (χ0v) is 12.4. The summed E-state index contributed by atoms with van der Waals surface area (Å²) in [5.41, 5.74) is 1.26. The topological polar surface area (TPSA) is 24.5 Å². The zero-order valence-electron chi connectivity index (χ0n) is 12.4. The molecule has 19 heavy (non-hydrogen) atoms. The fraction of sp³-hybridized carbons (Fsp3) is 0.625. The second kappa shape index (κ2) is 6.80. The largest absolute Gasteiger partial charge is 0.497 e. The number of ether oxygens (including phenoxy) is 1. The number of anilines is 1. The van der Waals surface area contributed by atoms with Gasteiger partial charge in [-0.3, -0.25) is 0 Å². The van der Waals surface area contributed by atoms with Crippen LogP contribution in [0.1, 0.15) is 25.7 Å². The van der Waals surface area contributed by atoms with Crippen molar-refractivity contribution in [1.82, 2.24) is 5.32 Å². The Morgan fingerprint density at radius 2 is 2.00 bits per heavy atom. The highest BCUT2D eigenvalue weighted by atomic mass is 16.5. The molecule has 1 N–H and O–H groups in total. The Morgan fingerprint density at radius 3 is 2.63 bits per heavy atom. The highest BCUT2D eigenvalue weighted by molar-refractivity contribution is 5.48. The highest BCUT2D eigenvalue weighted by Crippen LogP contribution is 2.29. The molecule has 0 saturated heterocycles. The third-order valence-corrected chi connectivity index (χ3v) is 4.38. The minimum atomic E-state index is 0.726. The first-order chi connectivity index (χ1) is 9.24. The summed E-state index contributed by atoms with van der Waals surface area (Å²) in [5.74, 6) is 1.76. The van der Waals surface area contributed by atoms with Crippen LogP contribution in [0.2, 0.25) is 0 Å². The van der Waals surface area contributed by atoms with E-state index in [0.717, 1.165) is 24.3 Å². The van der Waals surface area contributed by atoms with Gasteiger partial charge >= 0.3 is 0 Å². The molecular weight excluding hydrogens is 236 g/mol. The molecule has 0 bridgehead atoms. The molecule has 0 radical (unpaired) electrons. The molecule has 0 aliphatic heterocycles. The van der Waals surface area contributed by atoms with Crippen LogP contribution in [0.15, 0.2) is 24.3 Å². The molecule has 1 aliphatic rings. The molecule has 1 aliphatic carbocycles. The van der Waals surface area contributed by atoms with Crippen LogP contribution in [0.3, 0.4) is 0 Å². The van der Waals surface area contributed by atoms with Crippen LogP contribution in [0.4, 0.5) is 5.69 Å². The monoisotopic (exact) mass is 262 g/mol. The Balaban J connectivity index is 1.84. The van der Waals surface area contributed by atoms with Crippen molar-refractivity contribution >= 4 is 5.69 Å². The van der Waals surface area contributed by atoms with Gasteiger partial charge < -0.3 is 15.0 Å². The Hall–Kier alpha value is -1.22. The fourth-order valence-electron chi connectivity index (χ4n) is 3.09. The Morgan fingerprint density at radius 1 is 1.26 bits per heavy atom. The van der Waals surface area contributed by atoms with Crippen molar-refractivity contribution in [2.45, 2.75) is 31.7 Å². The van der Waals surface area contributed by atoms with Gasteiger partial charge in [0.2, 0.25) is 0 Å². The average Bonchev–Trinajstić information content (AvgIpc) is 2.92. The van der Waals surface area contributed by atoms with E-state index in [1.54, 1.807) is 7.11 Å². The molecule has 0 amide bonds. The summed E-state index contributed by atoms with van der Waals surface area (Å²) < 4.78 is 5.19. The third kappa shape index (κ3) is 3.63. The second-order valence-corrected chi connectivity index (χ2v) is 5.49.